The zero-order valence-corrected chi connectivity index (χ0v) is 8.23. The molecular formula is C12H13NO. The molecule has 1 aromatic carbocycles. The summed E-state index contributed by atoms with van der Waals surface area (Å²) in [5.74, 6) is 0.741. The summed E-state index contributed by atoms with van der Waals surface area (Å²) in [4.78, 5) is 4.22. The van der Waals surface area contributed by atoms with E-state index in [1.54, 1.807) is 6.20 Å². The van der Waals surface area contributed by atoms with E-state index >= 15 is 0 Å². The number of ether oxygens (including phenoxy) is 1. The summed E-state index contributed by atoms with van der Waals surface area (Å²) in [6, 6.07) is 10.1. The van der Waals surface area contributed by atoms with Gasteiger partial charge >= 0.3 is 0 Å². The van der Waals surface area contributed by atoms with Crippen LogP contribution in [-0.2, 0) is 0 Å². The Morgan fingerprint density at radius 1 is 1.21 bits per heavy atom. The average molecular weight is 187 g/mol. The van der Waals surface area contributed by atoms with Crippen LogP contribution >= 0.6 is 0 Å². The van der Waals surface area contributed by atoms with Crippen molar-refractivity contribution in [2.24, 2.45) is 0 Å². The Labute approximate surface area is 83.5 Å². The second kappa shape index (κ2) is 4.09. The normalized spacial score (nSPS) is 10.4. The van der Waals surface area contributed by atoms with Gasteiger partial charge in [-0.25, -0.2) is 4.98 Å². The Balaban J connectivity index is 2.43. The molecule has 0 saturated carbocycles. The second-order valence-corrected chi connectivity index (χ2v) is 3.19. The van der Waals surface area contributed by atoms with E-state index in [1.165, 1.54) is 5.39 Å². The molecule has 1 heterocycles. The fourth-order valence-electron chi connectivity index (χ4n) is 1.41. The van der Waals surface area contributed by atoms with E-state index in [-0.39, 0.29) is 0 Å². The monoisotopic (exact) mass is 187 g/mol. The third kappa shape index (κ3) is 1.69. The largest absolute Gasteiger partial charge is 0.477 e. The quantitative estimate of drug-likeness (QED) is 0.736. The molecule has 14 heavy (non-hydrogen) atoms. The highest BCUT2D eigenvalue weighted by atomic mass is 16.5. The summed E-state index contributed by atoms with van der Waals surface area (Å²) in [7, 11) is 0. The van der Waals surface area contributed by atoms with Gasteiger partial charge in [-0.05, 0) is 23.9 Å². The van der Waals surface area contributed by atoms with Crippen LogP contribution in [0.4, 0.5) is 0 Å². The van der Waals surface area contributed by atoms with Crippen molar-refractivity contribution in [2.45, 2.75) is 13.3 Å². The van der Waals surface area contributed by atoms with E-state index in [9.17, 15) is 0 Å². The molecule has 0 saturated heterocycles. The fraction of sp³-hybridized carbons (Fsp3) is 0.250. The van der Waals surface area contributed by atoms with Crippen LogP contribution in [0.3, 0.4) is 0 Å². The molecule has 1 aromatic heterocycles. The van der Waals surface area contributed by atoms with E-state index in [2.05, 4.69) is 18.0 Å². The van der Waals surface area contributed by atoms with E-state index in [0.29, 0.717) is 0 Å². The van der Waals surface area contributed by atoms with Crippen LogP contribution in [0.25, 0.3) is 10.8 Å². The van der Waals surface area contributed by atoms with Crippen molar-refractivity contribution in [2.75, 3.05) is 6.61 Å². The highest BCUT2D eigenvalue weighted by molar-refractivity contribution is 5.86. The first-order chi connectivity index (χ1) is 6.92. The molecule has 72 valence electrons. The summed E-state index contributed by atoms with van der Waals surface area (Å²) in [6.07, 6.45) is 2.79. The minimum Gasteiger partial charge on any atom is -0.477 e. The van der Waals surface area contributed by atoms with Crippen molar-refractivity contribution in [3.05, 3.63) is 36.5 Å². The van der Waals surface area contributed by atoms with Crippen molar-refractivity contribution in [1.82, 2.24) is 4.98 Å². The van der Waals surface area contributed by atoms with Crippen LogP contribution in [-0.4, -0.2) is 11.6 Å². The lowest BCUT2D eigenvalue weighted by Crippen LogP contribution is -1.97. The lowest BCUT2D eigenvalue weighted by Gasteiger charge is -2.06. The maximum absolute atomic E-state index is 5.56. The minimum atomic E-state index is 0.723. The molecule has 0 bridgehead atoms. The molecule has 0 aliphatic heterocycles. The maximum atomic E-state index is 5.56. The summed E-state index contributed by atoms with van der Waals surface area (Å²) >= 11 is 0. The van der Waals surface area contributed by atoms with Gasteiger partial charge in [-0.1, -0.05) is 25.1 Å². The molecule has 0 radical (unpaired) electrons. The predicted molar refractivity (Wildman–Crippen MR) is 57.5 cm³/mol. The molecule has 0 fully saturated rings. The molecule has 0 unspecified atom stereocenters. The Morgan fingerprint density at radius 2 is 2.07 bits per heavy atom. The van der Waals surface area contributed by atoms with Gasteiger partial charge in [0.05, 0.1) is 6.61 Å². The molecule has 2 rings (SSSR count). The lowest BCUT2D eigenvalue weighted by atomic mass is 10.2. The molecule has 0 spiro atoms. The predicted octanol–water partition coefficient (Wildman–Crippen LogP) is 3.02. The molecule has 0 atom stereocenters. The third-order valence-electron chi connectivity index (χ3n) is 2.08. The second-order valence-electron chi connectivity index (χ2n) is 3.19. The van der Waals surface area contributed by atoms with Gasteiger partial charge in [-0.15, -0.1) is 0 Å². The lowest BCUT2D eigenvalue weighted by molar-refractivity contribution is 0.309. The third-order valence-corrected chi connectivity index (χ3v) is 2.08. The van der Waals surface area contributed by atoms with Crippen molar-refractivity contribution >= 4 is 10.8 Å². The van der Waals surface area contributed by atoms with Crippen LogP contribution in [0.5, 0.6) is 5.88 Å². The Hall–Kier alpha value is -1.57. The molecule has 0 N–H and O–H groups in total. The zero-order chi connectivity index (χ0) is 9.80. The summed E-state index contributed by atoms with van der Waals surface area (Å²) in [5, 5.41) is 2.26. The topological polar surface area (TPSA) is 22.1 Å². The van der Waals surface area contributed by atoms with Crippen LogP contribution < -0.4 is 4.74 Å². The van der Waals surface area contributed by atoms with Crippen LogP contribution in [0.2, 0.25) is 0 Å². The van der Waals surface area contributed by atoms with E-state index in [0.717, 1.165) is 24.3 Å². The highest BCUT2D eigenvalue weighted by Crippen LogP contribution is 2.22. The van der Waals surface area contributed by atoms with E-state index in [1.807, 2.05) is 24.3 Å². The van der Waals surface area contributed by atoms with Crippen LogP contribution in [0.15, 0.2) is 36.5 Å². The number of benzene rings is 1. The smallest absolute Gasteiger partial charge is 0.221 e. The van der Waals surface area contributed by atoms with Gasteiger partial charge in [0.15, 0.2) is 0 Å². The van der Waals surface area contributed by atoms with Crippen LogP contribution in [0.1, 0.15) is 13.3 Å². The minimum absolute atomic E-state index is 0.723. The van der Waals surface area contributed by atoms with Crippen molar-refractivity contribution < 1.29 is 4.74 Å². The molecule has 0 aliphatic rings. The molecule has 2 nitrogen and oxygen atoms in total. The molecular weight excluding hydrogens is 174 g/mol. The van der Waals surface area contributed by atoms with Gasteiger partial charge in [0, 0.05) is 11.6 Å². The van der Waals surface area contributed by atoms with Gasteiger partial charge in [0.1, 0.15) is 0 Å². The van der Waals surface area contributed by atoms with Crippen molar-refractivity contribution in [1.29, 1.82) is 0 Å². The number of rotatable bonds is 3. The van der Waals surface area contributed by atoms with Gasteiger partial charge in [-0.2, -0.15) is 0 Å². The number of aromatic nitrogens is 1. The fourth-order valence-corrected chi connectivity index (χ4v) is 1.41. The molecule has 0 aliphatic carbocycles. The molecule has 0 amide bonds. The number of nitrogens with zero attached hydrogens (tertiary/aromatic N) is 1. The summed E-state index contributed by atoms with van der Waals surface area (Å²) in [6.45, 7) is 2.81. The number of pyridine rings is 1. The maximum Gasteiger partial charge on any atom is 0.221 e. The first kappa shape index (κ1) is 9.00. The Morgan fingerprint density at radius 3 is 2.93 bits per heavy atom. The van der Waals surface area contributed by atoms with Gasteiger partial charge in [0.25, 0.3) is 0 Å². The standard InChI is InChI=1S/C12H13NO/c1-2-9-14-12-11-6-4-3-5-10(11)7-8-13-12/h3-8H,2,9H2,1H3. The van der Waals surface area contributed by atoms with E-state index < -0.39 is 0 Å². The molecule has 2 aromatic rings. The van der Waals surface area contributed by atoms with Gasteiger partial charge in [0.2, 0.25) is 5.88 Å². The number of fused-ring (bicyclic) bond motifs is 1. The summed E-state index contributed by atoms with van der Waals surface area (Å²) in [5.41, 5.74) is 0. The Kier molecular flexibility index (Phi) is 2.63. The van der Waals surface area contributed by atoms with Crippen molar-refractivity contribution in [3.8, 4) is 5.88 Å². The first-order valence-electron chi connectivity index (χ1n) is 4.88. The SMILES string of the molecule is CCCOc1nccc2ccccc12. The van der Waals surface area contributed by atoms with Crippen LogP contribution in [0, 0.1) is 0 Å². The highest BCUT2D eigenvalue weighted by Gasteiger charge is 2.00. The van der Waals surface area contributed by atoms with E-state index in [4.69, 9.17) is 4.74 Å². The Bertz CT molecular complexity index is 420. The number of hydrogen-bond donors (Lipinski definition) is 0. The summed E-state index contributed by atoms with van der Waals surface area (Å²) < 4.78 is 5.56. The number of hydrogen-bond acceptors (Lipinski definition) is 2. The first-order valence-corrected chi connectivity index (χ1v) is 4.88. The van der Waals surface area contributed by atoms with Gasteiger partial charge < -0.3 is 4.74 Å². The molecule has 2 heteroatoms. The zero-order valence-electron chi connectivity index (χ0n) is 8.23. The average Bonchev–Trinajstić information content (AvgIpc) is 2.26. The van der Waals surface area contributed by atoms with Gasteiger partial charge in [-0.3, -0.25) is 0 Å². The van der Waals surface area contributed by atoms with Crippen molar-refractivity contribution in [3.63, 3.8) is 0 Å².